The van der Waals surface area contributed by atoms with E-state index >= 15 is 0 Å². The van der Waals surface area contributed by atoms with E-state index < -0.39 is 30.6 Å². The molecule has 1 atom stereocenters. The lowest BCUT2D eigenvalue weighted by molar-refractivity contribution is -0.146. The summed E-state index contributed by atoms with van der Waals surface area (Å²) in [6.45, 7) is -0.213. The number of carboxylic acids is 1. The van der Waals surface area contributed by atoms with Crippen molar-refractivity contribution in [3.8, 4) is 0 Å². The average Bonchev–Trinajstić information content (AvgIpc) is 3.44. The molecule has 1 fully saturated rings. The van der Waals surface area contributed by atoms with Crippen LogP contribution in [0.3, 0.4) is 0 Å². The zero-order valence-electron chi connectivity index (χ0n) is 23.1. The Morgan fingerprint density at radius 3 is 2.35 bits per heavy atom. The Labute approximate surface area is 262 Å². The summed E-state index contributed by atoms with van der Waals surface area (Å²) in [5, 5.41) is 24.7. The zero-order valence-corrected chi connectivity index (χ0v) is 25.4. The van der Waals surface area contributed by atoms with Gasteiger partial charge in [0, 0.05) is 11.3 Å². The van der Waals surface area contributed by atoms with E-state index in [2.05, 4.69) is 27.8 Å². The molecule has 12 heteroatoms. The number of hydrogen-bond donors (Lipinski definition) is 4. The van der Waals surface area contributed by atoms with E-state index in [0.717, 1.165) is 5.56 Å². The molecule has 5 rings (SSSR count). The first-order valence-electron chi connectivity index (χ1n) is 13.9. The van der Waals surface area contributed by atoms with Crippen LogP contribution in [0, 0.1) is 0 Å². The molecule has 1 aliphatic rings. The van der Waals surface area contributed by atoms with Gasteiger partial charge in [-0.25, -0.2) is 14.6 Å². The molecule has 1 aromatic heterocycles. The fourth-order valence-corrected chi connectivity index (χ4v) is 6.50. The summed E-state index contributed by atoms with van der Waals surface area (Å²) in [6.07, 6.45) is 4.38. The minimum absolute atomic E-state index is 0.200. The second-order valence-corrected chi connectivity index (χ2v) is 12.2. The van der Waals surface area contributed by atoms with Crippen molar-refractivity contribution in [1.82, 2.24) is 10.3 Å². The van der Waals surface area contributed by atoms with Crippen LogP contribution in [0.5, 0.6) is 0 Å². The Hall–Kier alpha value is -3.70. The van der Waals surface area contributed by atoms with Crippen LogP contribution in [0.4, 0.5) is 15.6 Å². The molecule has 1 saturated carbocycles. The Bertz CT molecular complexity index is 1620. The van der Waals surface area contributed by atoms with E-state index in [1.165, 1.54) is 49.0 Å². The van der Waals surface area contributed by atoms with Gasteiger partial charge in [-0.2, -0.15) is 0 Å². The predicted molar refractivity (Wildman–Crippen MR) is 170 cm³/mol. The second-order valence-electron chi connectivity index (χ2n) is 10.4. The van der Waals surface area contributed by atoms with E-state index in [-0.39, 0.29) is 6.54 Å². The van der Waals surface area contributed by atoms with Crippen LogP contribution in [0.15, 0.2) is 60.7 Å². The summed E-state index contributed by atoms with van der Waals surface area (Å²) in [7, 11) is 0. The van der Waals surface area contributed by atoms with Gasteiger partial charge < -0.3 is 15.5 Å². The van der Waals surface area contributed by atoms with Crippen molar-refractivity contribution in [3.63, 3.8) is 0 Å². The standard InChI is InChI=1S/C31H30Cl2N4O5S/c32-23-14-15-24-27(26(23)33)43-30(35-24)36-31(42)37(22-12-10-20(11-13-22)19-4-2-1-3-5-19)17-18-6-8-21(9-7-18)28(39)34-16-25(38)29(40)41/h6-15,19,25,38H,1-5,16-17H2,(H,34,39)(H,40,41)(H,35,36,42)/t25-/m1/s1. The third kappa shape index (κ3) is 7.45. The van der Waals surface area contributed by atoms with E-state index in [0.29, 0.717) is 42.6 Å². The summed E-state index contributed by atoms with van der Waals surface area (Å²) in [6, 6.07) is 17.7. The molecule has 9 nitrogen and oxygen atoms in total. The first kappa shape index (κ1) is 30.7. The third-order valence-electron chi connectivity index (χ3n) is 7.49. The number of fused-ring (bicyclic) bond motifs is 1. The summed E-state index contributed by atoms with van der Waals surface area (Å²) in [5.74, 6) is -1.41. The van der Waals surface area contributed by atoms with E-state index in [4.69, 9.17) is 28.3 Å². The molecule has 224 valence electrons. The fourth-order valence-electron chi connectivity index (χ4n) is 5.11. The topological polar surface area (TPSA) is 132 Å². The SMILES string of the molecule is O=C(NC[C@@H](O)C(=O)O)c1ccc(CN(C(=O)Nc2nc3ccc(Cl)c(Cl)c3s2)c2ccc(C3CCCCC3)cc2)cc1. The van der Waals surface area contributed by atoms with E-state index in [1.807, 2.05) is 12.1 Å². The zero-order chi connectivity index (χ0) is 30.5. The lowest BCUT2D eigenvalue weighted by Gasteiger charge is -2.25. The number of aromatic nitrogens is 1. The van der Waals surface area contributed by atoms with Crippen molar-refractivity contribution in [2.75, 3.05) is 16.8 Å². The van der Waals surface area contributed by atoms with Gasteiger partial charge >= 0.3 is 12.0 Å². The highest BCUT2D eigenvalue weighted by atomic mass is 35.5. The van der Waals surface area contributed by atoms with E-state index in [1.54, 1.807) is 41.3 Å². The molecule has 43 heavy (non-hydrogen) atoms. The van der Waals surface area contributed by atoms with Crippen molar-refractivity contribution < 1.29 is 24.6 Å². The summed E-state index contributed by atoms with van der Waals surface area (Å²) in [4.78, 5) is 43.0. The molecule has 0 unspecified atom stereocenters. The minimum atomic E-state index is -1.69. The maximum atomic E-state index is 13.7. The Morgan fingerprint density at radius 2 is 1.67 bits per heavy atom. The highest BCUT2D eigenvalue weighted by molar-refractivity contribution is 7.23. The van der Waals surface area contributed by atoms with Crippen molar-refractivity contribution in [2.24, 2.45) is 0 Å². The number of carbonyl (C=O) groups excluding carboxylic acids is 2. The van der Waals surface area contributed by atoms with Gasteiger partial charge in [-0.3, -0.25) is 15.0 Å². The Morgan fingerprint density at radius 1 is 0.977 bits per heavy atom. The Kier molecular flexibility index (Phi) is 9.82. The van der Waals surface area contributed by atoms with Crippen LogP contribution in [0.2, 0.25) is 10.0 Å². The number of amides is 3. The van der Waals surface area contributed by atoms with Crippen molar-refractivity contribution in [3.05, 3.63) is 87.4 Å². The smallest absolute Gasteiger partial charge is 0.334 e. The number of halogens is 2. The maximum Gasteiger partial charge on any atom is 0.334 e. The fraction of sp³-hybridized carbons (Fsp3) is 0.290. The number of urea groups is 1. The number of carbonyl (C=O) groups is 3. The number of aliphatic carboxylic acids is 1. The van der Waals surface area contributed by atoms with Crippen LogP contribution in [0.1, 0.15) is 59.5 Å². The van der Waals surface area contributed by atoms with Crippen LogP contribution < -0.4 is 15.5 Å². The first-order chi connectivity index (χ1) is 20.7. The lowest BCUT2D eigenvalue weighted by Crippen LogP contribution is -2.36. The molecule has 1 aliphatic carbocycles. The van der Waals surface area contributed by atoms with Crippen LogP contribution in [-0.4, -0.2) is 45.8 Å². The molecule has 0 aliphatic heterocycles. The molecule has 3 amide bonds. The van der Waals surface area contributed by atoms with Crippen LogP contribution in [0.25, 0.3) is 10.2 Å². The first-order valence-corrected chi connectivity index (χ1v) is 15.5. The van der Waals surface area contributed by atoms with E-state index in [9.17, 15) is 19.5 Å². The summed E-state index contributed by atoms with van der Waals surface area (Å²) < 4.78 is 0.678. The van der Waals surface area contributed by atoms with Gasteiger partial charge in [0.2, 0.25) is 0 Å². The number of thiazole rings is 1. The third-order valence-corrected chi connectivity index (χ3v) is 9.41. The molecule has 3 aromatic carbocycles. The molecule has 0 radical (unpaired) electrons. The monoisotopic (exact) mass is 640 g/mol. The van der Waals surface area contributed by atoms with Gasteiger partial charge in [-0.1, -0.05) is 78.1 Å². The molecule has 0 spiro atoms. The van der Waals surface area contributed by atoms with Gasteiger partial charge in [0.15, 0.2) is 11.2 Å². The lowest BCUT2D eigenvalue weighted by atomic mass is 9.84. The number of rotatable bonds is 9. The highest BCUT2D eigenvalue weighted by Crippen LogP contribution is 2.37. The normalized spacial score (nSPS) is 14.3. The average molecular weight is 642 g/mol. The summed E-state index contributed by atoms with van der Waals surface area (Å²) in [5.41, 5.74) is 3.64. The largest absolute Gasteiger partial charge is 0.479 e. The molecule has 0 bridgehead atoms. The molecule has 4 N–H and O–H groups in total. The van der Waals surface area contributed by atoms with Gasteiger partial charge in [-0.05, 0) is 66.3 Å². The van der Waals surface area contributed by atoms with Gasteiger partial charge in [0.05, 0.1) is 33.4 Å². The maximum absolute atomic E-state index is 13.7. The highest BCUT2D eigenvalue weighted by Gasteiger charge is 2.21. The van der Waals surface area contributed by atoms with Gasteiger partial charge in [0.1, 0.15) is 0 Å². The molecule has 1 heterocycles. The number of aliphatic hydroxyl groups excluding tert-OH is 1. The quantitative estimate of drug-likeness (QED) is 0.155. The summed E-state index contributed by atoms with van der Waals surface area (Å²) >= 11 is 13.7. The molecule has 0 saturated heterocycles. The second kappa shape index (κ2) is 13.7. The molecular weight excluding hydrogens is 611 g/mol. The molecular formula is C31H30Cl2N4O5S. The number of benzene rings is 3. The van der Waals surface area contributed by atoms with Gasteiger partial charge in [-0.15, -0.1) is 0 Å². The van der Waals surface area contributed by atoms with Crippen molar-refractivity contribution >= 4 is 73.5 Å². The van der Waals surface area contributed by atoms with Gasteiger partial charge in [0.25, 0.3) is 5.91 Å². The number of carboxylic acid groups (broad SMARTS) is 1. The molecule has 4 aromatic rings. The number of hydrogen-bond acceptors (Lipinski definition) is 6. The number of nitrogens with one attached hydrogen (secondary N) is 2. The van der Waals surface area contributed by atoms with Crippen molar-refractivity contribution in [2.45, 2.75) is 50.7 Å². The number of nitrogens with zero attached hydrogens (tertiary/aromatic N) is 2. The van der Waals surface area contributed by atoms with Crippen LogP contribution in [-0.2, 0) is 11.3 Å². The van der Waals surface area contributed by atoms with Crippen LogP contribution >= 0.6 is 34.5 Å². The predicted octanol–water partition coefficient (Wildman–Crippen LogP) is 7.06. The Balaban J connectivity index is 1.36. The minimum Gasteiger partial charge on any atom is -0.479 e. The number of anilines is 2. The number of aliphatic hydroxyl groups is 1. The van der Waals surface area contributed by atoms with Crippen molar-refractivity contribution in [1.29, 1.82) is 0 Å².